The van der Waals surface area contributed by atoms with E-state index in [0.29, 0.717) is 12.5 Å². The smallest absolute Gasteiger partial charge is 0.267 e. The fourth-order valence-corrected chi connectivity index (χ4v) is 3.20. The number of carbonyl (C=O) groups excluding carboxylic acids is 1. The minimum atomic E-state index is 0.00718. The maximum Gasteiger partial charge on any atom is 0.267 e. The highest BCUT2D eigenvalue weighted by Crippen LogP contribution is 2.19. The van der Waals surface area contributed by atoms with Crippen molar-refractivity contribution in [2.45, 2.75) is 47.1 Å². The van der Waals surface area contributed by atoms with Gasteiger partial charge in [-0.15, -0.1) is 0 Å². The van der Waals surface area contributed by atoms with Crippen LogP contribution in [-0.2, 0) is 13.0 Å². The maximum atomic E-state index is 12.8. The van der Waals surface area contributed by atoms with Gasteiger partial charge in [-0.05, 0) is 55.7 Å². The molecule has 4 nitrogen and oxygen atoms in total. The van der Waals surface area contributed by atoms with Crippen LogP contribution in [0, 0.1) is 19.8 Å². The van der Waals surface area contributed by atoms with Crippen molar-refractivity contribution in [3.63, 3.8) is 0 Å². The molecule has 0 spiro atoms. The first-order valence-corrected chi connectivity index (χ1v) is 8.59. The Kier molecular flexibility index (Phi) is 4.56. The molecular formula is C20H25N3O. The standard InChI is InChI=1S/C20H25N3O/c1-14(2)9-10-18-15(3)21-23(16(18)4)20(24)13-22-12-11-17-7-5-6-8-19(17)22/h5-8,11-12,14H,9-10,13H2,1-4H3. The molecule has 0 aliphatic heterocycles. The van der Waals surface area contributed by atoms with Gasteiger partial charge in [0.05, 0.1) is 5.69 Å². The third-order valence-electron chi connectivity index (χ3n) is 4.63. The zero-order valence-corrected chi connectivity index (χ0v) is 14.9. The van der Waals surface area contributed by atoms with Gasteiger partial charge >= 0.3 is 0 Å². The second-order valence-electron chi connectivity index (χ2n) is 6.89. The summed E-state index contributed by atoms with van der Waals surface area (Å²) in [6.07, 6.45) is 4.06. The summed E-state index contributed by atoms with van der Waals surface area (Å²) < 4.78 is 3.57. The third kappa shape index (κ3) is 3.14. The fourth-order valence-electron chi connectivity index (χ4n) is 3.20. The van der Waals surface area contributed by atoms with Gasteiger partial charge in [-0.1, -0.05) is 32.0 Å². The first kappa shape index (κ1) is 16.5. The minimum absolute atomic E-state index is 0.00718. The van der Waals surface area contributed by atoms with Crippen molar-refractivity contribution in [1.29, 1.82) is 0 Å². The van der Waals surface area contributed by atoms with E-state index in [-0.39, 0.29) is 5.91 Å². The number of aryl methyl sites for hydroxylation is 1. The van der Waals surface area contributed by atoms with Crippen molar-refractivity contribution >= 4 is 16.8 Å². The number of hydrogen-bond donors (Lipinski definition) is 0. The molecule has 0 unspecified atom stereocenters. The molecule has 126 valence electrons. The van der Waals surface area contributed by atoms with Gasteiger partial charge < -0.3 is 4.57 Å². The number of hydrogen-bond acceptors (Lipinski definition) is 2. The van der Waals surface area contributed by atoms with E-state index in [0.717, 1.165) is 35.1 Å². The van der Waals surface area contributed by atoms with E-state index in [4.69, 9.17) is 0 Å². The van der Waals surface area contributed by atoms with Gasteiger partial charge in [-0.3, -0.25) is 4.79 Å². The van der Waals surface area contributed by atoms with Crippen LogP contribution in [0.15, 0.2) is 36.5 Å². The summed E-state index contributed by atoms with van der Waals surface area (Å²) in [6, 6.07) is 10.1. The molecule has 3 aromatic rings. The molecule has 0 bridgehead atoms. The summed E-state index contributed by atoms with van der Waals surface area (Å²) in [4.78, 5) is 12.8. The number of rotatable bonds is 5. The lowest BCUT2D eigenvalue weighted by Gasteiger charge is -2.08. The number of benzene rings is 1. The molecule has 0 saturated carbocycles. The molecule has 0 N–H and O–H groups in total. The Morgan fingerprint density at radius 3 is 2.67 bits per heavy atom. The molecule has 0 aliphatic rings. The van der Waals surface area contributed by atoms with Crippen LogP contribution in [-0.4, -0.2) is 20.3 Å². The molecule has 0 atom stereocenters. The number of nitrogens with zero attached hydrogens (tertiary/aromatic N) is 3. The van der Waals surface area contributed by atoms with Crippen LogP contribution in [0.3, 0.4) is 0 Å². The Labute approximate surface area is 143 Å². The molecule has 24 heavy (non-hydrogen) atoms. The van der Waals surface area contributed by atoms with E-state index in [1.54, 1.807) is 4.68 Å². The summed E-state index contributed by atoms with van der Waals surface area (Å²) in [5.74, 6) is 0.654. The molecule has 2 aromatic heterocycles. The fraction of sp³-hybridized carbons (Fsp3) is 0.400. The summed E-state index contributed by atoms with van der Waals surface area (Å²) in [7, 11) is 0. The highest BCUT2D eigenvalue weighted by atomic mass is 16.2. The molecule has 0 fully saturated rings. The largest absolute Gasteiger partial charge is 0.338 e. The van der Waals surface area contributed by atoms with E-state index < -0.39 is 0 Å². The third-order valence-corrected chi connectivity index (χ3v) is 4.63. The zero-order chi connectivity index (χ0) is 17.3. The molecule has 4 heteroatoms. The predicted molar refractivity (Wildman–Crippen MR) is 97.4 cm³/mol. The molecule has 0 aliphatic carbocycles. The molecule has 2 heterocycles. The van der Waals surface area contributed by atoms with Crippen molar-refractivity contribution in [3.05, 3.63) is 53.5 Å². The lowest BCUT2D eigenvalue weighted by atomic mass is 10.0. The maximum absolute atomic E-state index is 12.8. The normalized spacial score (nSPS) is 11.5. The highest BCUT2D eigenvalue weighted by Gasteiger charge is 2.17. The van der Waals surface area contributed by atoms with Crippen LogP contribution in [0.25, 0.3) is 10.9 Å². The second kappa shape index (κ2) is 6.63. The van der Waals surface area contributed by atoms with Crippen molar-refractivity contribution in [3.8, 4) is 0 Å². The first-order chi connectivity index (χ1) is 11.5. The van der Waals surface area contributed by atoms with Crippen LogP contribution >= 0.6 is 0 Å². The van der Waals surface area contributed by atoms with Crippen LogP contribution in [0.2, 0.25) is 0 Å². The van der Waals surface area contributed by atoms with Gasteiger partial charge in [0.15, 0.2) is 0 Å². The van der Waals surface area contributed by atoms with Gasteiger partial charge in [-0.2, -0.15) is 5.10 Å². The van der Waals surface area contributed by atoms with E-state index in [1.807, 2.05) is 48.9 Å². The van der Waals surface area contributed by atoms with Crippen LogP contribution in [0.4, 0.5) is 0 Å². The molecule has 1 aromatic carbocycles. The Hall–Kier alpha value is -2.36. The second-order valence-corrected chi connectivity index (χ2v) is 6.89. The van der Waals surface area contributed by atoms with Crippen LogP contribution in [0.5, 0.6) is 0 Å². The number of fused-ring (bicyclic) bond motifs is 1. The van der Waals surface area contributed by atoms with Gasteiger partial charge in [0.2, 0.25) is 0 Å². The number of para-hydroxylation sites is 1. The van der Waals surface area contributed by atoms with Gasteiger partial charge in [0.1, 0.15) is 6.54 Å². The SMILES string of the molecule is Cc1nn(C(=O)Cn2ccc3ccccc32)c(C)c1CCC(C)C. The topological polar surface area (TPSA) is 39.8 Å². The molecule has 3 rings (SSSR count). The van der Waals surface area contributed by atoms with Crippen molar-refractivity contribution in [2.75, 3.05) is 0 Å². The minimum Gasteiger partial charge on any atom is -0.338 e. The number of carbonyl (C=O) groups is 1. The lowest BCUT2D eigenvalue weighted by Crippen LogP contribution is -2.20. The van der Waals surface area contributed by atoms with Gasteiger partial charge in [0, 0.05) is 17.4 Å². The van der Waals surface area contributed by atoms with Crippen LogP contribution < -0.4 is 0 Å². The monoisotopic (exact) mass is 323 g/mol. The van der Waals surface area contributed by atoms with E-state index in [1.165, 1.54) is 5.56 Å². The van der Waals surface area contributed by atoms with E-state index in [9.17, 15) is 4.79 Å². The summed E-state index contributed by atoms with van der Waals surface area (Å²) in [5.41, 5.74) is 4.25. The Morgan fingerprint density at radius 2 is 1.92 bits per heavy atom. The summed E-state index contributed by atoms with van der Waals surface area (Å²) in [6.45, 7) is 8.74. The average Bonchev–Trinajstić information content (AvgIpc) is 3.07. The Bertz CT molecular complexity index is 870. The van der Waals surface area contributed by atoms with Crippen molar-refractivity contribution in [1.82, 2.24) is 14.3 Å². The summed E-state index contributed by atoms with van der Waals surface area (Å²) >= 11 is 0. The lowest BCUT2D eigenvalue weighted by molar-refractivity contribution is 0.0874. The van der Waals surface area contributed by atoms with Gasteiger partial charge in [0.25, 0.3) is 5.91 Å². The van der Waals surface area contributed by atoms with Crippen molar-refractivity contribution in [2.24, 2.45) is 5.92 Å². The summed E-state index contributed by atoms with van der Waals surface area (Å²) in [5, 5.41) is 5.65. The molecule has 0 amide bonds. The van der Waals surface area contributed by atoms with E-state index >= 15 is 0 Å². The zero-order valence-electron chi connectivity index (χ0n) is 14.9. The van der Waals surface area contributed by atoms with Crippen molar-refractivity contribution < 1.29 is 4.79 Å². The Morgan fingerprint density at radius 1 is 1.17 bits per heavy atom. The van der Waals surface area contributed by atoms with Gasteiger partial charge in [-0.25, -0.2) is 4.68 Å². The van der Waals surface area contributed by atoms with Crippen LogP contribution in [0.1, 0.15) is 42.0 Å². The quantitative estimate of drug-likeness (QED) is 0.699. The molecule has 0 radical (unpaired) electrons. The molecule has 0 saturated heterocycles. The highest BCUT2D eigenvalue weighted by molar-refractivity contribution is 5.84. The predicted octanol–water partition coefficient (Wildman–Crippen LogP) is 4.38. The molecular weight excluding hydrogens is 298 g/mol. The van der Waals surface area contributed by atoms with E-state index in [2.05, 4.69) is 25.0 Å². The number of aromatic nitrogens is 3. The first-order valence-electron chi connectivity index (χ1n) is 8.59. The average molecular weight is 323 g/mol. The Balaban J connectivity index is 1.84.